The molecule has 2 N–H and O–H groups in total. The Bertz CT molecular complexity index is 1120. The summed E-state index contributed by atoms with van der Waals surface area (Å²) in [5.41, 5.74) is 0.629. The smallest absolute Gasteiger partial charge is 0.265 e. The predicted octanol–water partition coefficient (Wildman–Crippen LogP) is 3.38. The Hall–Kier alpha value is -3.33. The minimum atomic E-state index is -0.465. The third-order valence-corrected chi connectivity index (χ3v) is 5.19. The second kappa shape index (κ2) is 9.45. The molecule has 0 aliphatic rings. The summed E-state index contributed by atoms with van der Waals surface area (Å²) in [5.74, 6) is -0.604. The molecule has 2 aromatic carbocycles. The van der Waals surface area contributed by atoms with E-state index in [1.165, 1.54) is 35.9 Å². The molecule has 0 aliphatic heterocycles. The van der Waals surface area contributed by atoms with Gasteiger partial charge in [0.2, 0.25) is 11.8 Å². The number of carbonyl (C=O) groups is 1. The number of amides is 1. The molecule has 0 spiro atoms. The van der Waals surface area contributed by atoms with Crippen LogP contribution < -0.4 is 15.6 Å². The lowest BCUT2D eigenvalue weighted by molar-refractivity contribution is -0.113. The first-order valence-electron chi connectivity index (χ1n) is 9.10. The van der Waals surface area contributed by atoms with E-state index < -0.39 is 11.4 Å². The van der Waals surface area contributed by atoms with Gasteiger partial charge in [-0.25, -0.2) is 4.39 Å². The monoisotopic (exact) mass is 429 g/mol. The molecule has 1 heterocycles. The quantitative estimate of drug-likeness (QED) is 0.442. The molecule has 1 aromatic heterocycles. The van der Waals surface area contributed by atoms with Crippen LogP contribution >= 0.6 is 11.8 Å². The Morgan fingerprint density at radius 1 is 1.27 bits per heavy atom. The van der Waals surface area contributed by atoms with E-state index in [2.05, 4.69) is 10.3 Å². The van der Waals surface area contributed by atoms with Gasteiger partial charge in [-0.15, -0.1) is 0 Å². The van der Waals surface area contributed by atoms with Crippen molar-refractivity contribution in [3.8, 4) is 17.3 Å². The number of aromatic nitrogens is 2. The largest absolute Gasteiger partial charge is 0.497 e. The van der Waals surface area contributed by atoms with E-state index in [1.807, 2.05) is 0 Å². The number of hydrogen-bond acceptors (Lipinski definition) is 6. The minimum Gasteiger partial charge on any atom is -0.497 e. The number of nitrogens with one attached hydrogen (secondary N) is 1. The molecule has 30 heavy (non-hydrogen) atoms. The fourth-order valence-corrected chi connectivity index (χ4v) is 3.58. The fourth-order valence-electron chi connectivity index (χ4n) is 2.78. The lowest BCUT2D eigenvalue weighted by Gasteiger charge is -2.14. The van der Waals surface area contributed by atoms with Gasteiger partial charge in [-0.3, -0.25) is 14.2 Å². The number of hydrogen-bond donors (Lipinski definition) is 2. The first kappa shape index (κ1) is 21.4. The molecule has 0 atom stereocenters. The molecule has 3 aromatic rings. The van der Waals surface area contributed by atoms with Gasteiger partial charge in [-0.1, -0.05) is 24.8 Å². The highest BCUT2D eigenvalue weighted by Crippen LogP contribution is 2.24. The second-order valence-electron chi connectivity index (χ2n) is 6.24. The molecule has 0 radical (unpaired) electrons. The van der Waals surface area contributed by atoms with Crippen LogP contribution in [0.2, 0.25) is 0 Å². The zero-order valence-electron chi connectivity index (χ0n) is 16.4. The molecule has 0 fully saturated rings. The molecule has 7 nitrogen and oxygen atoms in total. The van der Waals surface area contributed by atoms with Crippen molar-refractivity contribution in [1.29, 1.82) is 0 Å². The summed E-state index contributed by atoms with van der Waals surface area (Å²) in [6.45, 7) is 1.72. The van der Waals surface area contributed by atoms with Crippen LogP contribution in [0.1, 0.15) is 12.5 Å². The summed E-state index contributed by atoms with van der Waals surface area (Å²) in [6.07, 6.45) is 0.278. The van der Waals surface area contributed by atoms with Crippen molar-refractivity contribution in [3.05, 3.63) is 70.3 Å². The maximum atomic E-state index is 13.3. The standard InChI is InChI=1S/C21H20FN3O4S/c1-3-17-19(27)24-21(25(20(17)28)15-9-7-13(22)8-10-15)30-12-18(26)23-14-5-4-6-16(11-14)29-2/h4-11,27H,3,12H2,1-2H3,(H,23,26). The molecule has 0 saturated carbocycles. The maximum absolute atomic E-state index is 13.3. The Morgan fingerprint density at radius 3 is 2.67 bits per heavy atom. The molecule has 1 amide bonds. The SMILES string of the molecule is CCc1c(O)nc(SCC(=O)Nc2cccc(OC)c2)n(-c2ccc(F)cc2)c1=O. The van der Waals surface area contributed by atoms with Crippen molar-refractivity contribution < 1.29 is 19.0 Å². The highest BCUT2D eigenvalue weighted by molar-refractivity contribution is 7.99. The third-order valence-electron chi connectivity index (χ3n) is 4.25. The van der Waals surface area contributed by atoms with Crippen molar-refractivity contribution in [1.82, 2.24) is 9.55 Å². The topological polar surface area (TPSA) is 93.4 Å². The van der Waals surface area contributed by atoms with Crippen LogP contribution in [0.5, 0.6) is 11.6 Å². The van der Waals surface area contributed by atoms with E-state index in [0.29, 0.717) is 17.1 Å². The lowest BCUT2D eigenvalue weighted by atomic mass is 10.2. The van der Waals surface area contributed by atoms with Crippen molar-refractivity contribution in [2.24, 2.45) is 0 Å². The molecule has 0 unspecified atom stereocenters. The molecule has 0 bridgehead atoms. The van der Waals surface area contributed by atoms with Crippen LogP contribution in [0.3, 0.4) is 0 Å². The van der Waals surface area contributed by atoms with Crippen molar-refractivity contribution in [3.63, 3.8) is 0 Å². The lowest BCUT2D eigenvalue weighted by Crippen LogP contribution is -2.25. The summed E-state index contributed by atoms with van der Waals surface area (Å²) in [5, 5.41) is 13.0. The average Bonchev–Trinajstić information content (AvgIpc) is 2.73. The van der Waals surface area contributed by atoms with Crippen LogP contribution in [-0.2, 0) is 11.2 Å². The maximum Gasteiger partial charge on any atom is 0.265 e. The van der Waals surface area contributed by atoms with Gasteiger partial charge < -0.3 is 15.2 Å². The summed E-state index contributed by atoms with van der Waals surface area (Å²) >= 11 is 0.986. The van der Waals surface area contributed by atoms with Crippen molar-refractivity contribution in [2.75, 3.05) is 18.2 Å². The van der Waals surface area contributed by atoms with Crippen LogP contribution in [0.15, 0.2) is 58.5 Å². The van der Waals surface area contributed by atoms with Gasteiger partial charge in [-0.2, -0.15) is 4.98 Å². The van der Waals surface area contributed by atoms with Gasteiger partial charge >= 0.3 is 0 Å². The Balaban J connectivity index is 1.86. The van der Waals surface area contributed by atoms with Gasteiger partial charge in [0.05, 0.1) is 24.1 Å². The predicted molar refractivity (Wildman–Crippen MR) is 113 cm³/mol. The Morgan fingerprint density at radius 2 is 2.00 bits per heavy atom. The fraction of sp³-hybridized carbons (Fsp3) is 0.190. The molecule has 156 valence electrons. The minimum absolute atomic E-state index is 0.0598. The number of rotatable bonds is 7. The van der Waals surface area contributed by atoms with Gasteiger partial charge in [0, 0.05) is 11.8 Å². The van der Waals surface area contributed by atoms with Crippen molar-refractivity contribution >= 4 is 23.4 Å². The van der Waals surface area contributed by atoms with E-state index >= 15 is 0 Å². The van der Waals surface area contributed by atoms with Crippen LogP contribution in [0, 0.1) is 5.82 Å². The summed E-state index contributed by atoms with van der Waals surface area (Å²) in [7, 11) is 1.53. The molecule has 3 rings (SSSR count). The third kappa shape index (κ3) is 4.80. The van der Waals surface area contributed by atoms with Gasteiger partial charge in [0.15, 0.2) is 5.16 Å². The zero-order chi connectivity index (χ0) is 21.7. The highest BCUT2D eigenvalue weighted by Gasteiger charge is 2.18. The number of ether oxygens (including phenoxy) is 1. The number of halogens is 1. The highest BCUT2D eigenvalue weighted by atomic mass is 32.2. The molecular formula is C21H20FN3O4S. The average molecular weight is 429 g/mol. The number of aromatic hydroxyl groups is 1. The van der Waals surface area contributed by atoms with Crippen molar-refractivity contribution in [2.45, 2.75) is 18.5 Å². The summed E-state index contributed by atoms with van der Waals surface area (Å²) in [4.78, 5) is 29.3. The molecule has 0 aliphatic carbocycles. The molecule has 0 saturated heterocycles. The summed E-state index contributed by atoms with van der Waals surface area (Å²) < 4.78 is 19.7. The number of carbonyl (C=O) groups excluding carboxylic acids is 1. The number of thioether (sulfide) groups is 1. The number of methoxy groups -OCH3 is 1. The molecular weight excluding hydrogens is 409 g/mol. The van der Waals surface area contributed by atoms with Crippen LogP contribution in [-0.4, -0.2) is 33.4 Å². The van der Waals surface area contributed by atoms with E-state index in [9.17, 15) is 19.1 Å². The first-order chi connectivity index (χ1) is 14.4. The van der Waals surface area contributed by atoms with E-state index in [0.717, 1.165) is 11.8 Å². The van der Waals surface area contributed by atoms with Crippen LogP contribution in [0.4, 0.5) is 10.1 Å². The normalized spacial score (nSPS) is 10.6. The van der Waals surface area contributed by atoms with Gasteiger partial charge in [0.25, 0.3) is 5.56 Å². The van der Waals surface area contributed by atoms with Crippen LogP contribution in [0.25, 0.3) is 5.69 Å². The van der Waals surface area contributed by atoms with E-state index in [1.54, 1.807) is 31.2 Å². The second-order valence-corrected chi connectivity index (χ2v) is 7.18. The zero-order valence-corrected chi connectivity index (χ0v) is 17.2. The van der Waals surface area contributed by atoms with E-state index in [-0.39, 0.29) is 34.7 Å². The number of benzene rings is 2. The number of nitrogens with zero attached hydrogens (tertiary/aromatic N) is 2. The summed E-state index contributed by atoms with van der Waals surface area (Å²) in [6, 6.07) is 12.2. The Labute approximate surface area is 176 Å². The Kier molecular flexibility index (Phi) is 6.73. The van der Waals surface area contributed by atoms with Gasteiger partial charge in [-0.05, 0) is 42.8 Å². The molecule has 9 heteroatoms. The number of anilines is 1. The van der Waals surface area contributed by atoms with E-state index in [4.69, 9.17) is 4.74 Å². The van der Waals surface area contributed by atoms with Gasteiger partial charge in [0.1, 0.15) is 11.6 Å². The first-order valence-corrected chi connectivity index (χ1v) is 10.1.